The molecule has 0 saturated heterocycles. The fourth-order valence-corrected chi connectivity index (χ4v) is 0.202. The van der Waals surface area contributed by atoms with E-state index in [0.717, 1.165) is 0 Å². The maximum Gasteiger partial charge on any atom is 0.212 e. The lowest BCUT2D eigenvalue weighted by Crippen LogP contribution is -1.91. The summed E-state index contributed by atoms with van der Waals surface area (Å²) < 4.78 is 4.09. The van der Waals surface area contributed by atoms with Gasteiger partial charge in [0.2, 0.25) is 11.6 Å². The van der Waals surface area contributed by atoms with E-state index < -0.39 is 0 Å². The molecule has 6 nitrogen and oxygen atoms in total. The first-order chi connectivity index (χ1) is 3.30. The highest BCUT2D eigenvalue weighted by Gasteiger charge is 1.95. The van der Waals surface area contributed by atoms with E-state index in [1.807, 2.05) is 0 Å². The first-order valence-corrected chi connectivity index (χ1v) is 1.64. The van der Waals surface area contributed by atoms with Crippen LogP contribution in [0.4, 0.5) is 11.6 Å². The number of hydrogen-bond acceptors (Lipinski definition) is 5. The van der Waals surface area contributed by atoms with Gasteiger partial charge in [0.05, 0.1) is 0 Å². The summed E-state index contributed by atoms with van der Waals surface area (Å²) in [6, 6.07) is 0. The standard InChI is InChI=1S/C2H4N4O.H2O/c3-1-2(4)6-7-5-1;/h(H2,3,5)(H2,4,6);1H2. The van der Waals surface area contributed by atoms with Gasteiger partial charge in [-0.1, -0.05) is 0 Å². The van der Waals surface area contributed by atoms with Gasteiger partial charge >= 0.3 is 0 Å². The second-order valence-corrected chi connectivity index (χ2v) is 1.03. The average molecular weight is 118 g/mol. The Hall–Kier alpha value is -1.30. The van der Waals surface area contributed by atoms with Crippen molar-refractivity contribution in [2.45, 2.75) is 0 Å². The minimum absolute atomic E-state index is 0. The Morgan fingerprint density at radius 2 is 1.50 bits per heavy atom. The van der Waals surface area contributed by atoms with Crippen LogP contribution in [-0.2, 0) is 0 Å². The molecule has 0 radical (unpaired) electrons. The van der Waals surface area contributed by atoms with Crippen LogP contribution in [0.2, 0.25) is 0 Å². The molecule has 1 aromatic rings. The number of aromatic nitrogens is 2. The van der Waals surface area contributed by atoms with Crippen molar-refractivity contribution in [2.24, 2.45) is 0 Å². The number of anilines is 2. The third-order valence-corrected chi connectivity index (χ3v) is 0.541. The second kappa shape index (κ2) is 2.12. The largest absolute Gasteiger partial charge is 0.412 e. The highest BCUT2D eigenvalue weighted by atomic mass is 16.6. The van der Waals surface area contributed by atoms with Gasteiger partial charge in [-0.2, -0.15) is 0 Å². The predicted octanol–water partition coefficient (Wildman–Crippen LogP) is -1.59. The number of nitrogen functional groups attached to an aromatic ring is 2. The molecule has 0 amide bonds. The fraction of sp³-hybridized carbons (Fsp3) is 0. The molecule has 0 unspecified atom stereocenters. The molecule has 0 saturated carbocycles. The number of hydrogen-bond donors (Lipinski definition) is 2. The van der Waals surface area contributed by atoms with E-state index in [4.69, 9.17) is 11.5 Å². The van der Waals surface area contributed by atoms with Crippen LogP contribution in [-0.4, -0.2) is 15.8 Å². The topological polar surface area (TPSA) is 122 Å². The van der Waals surface area contributed by atoms with E-state index in [1.54, 1.807) is 0 Å². The van der Waals surface area contributed by atoms with E-state index >= 15 is 0 Å². The average Bonchev–Trinajstić information content (AvgIpc) is 1.91. The molecular formula is C2H6N4O2. The van der Waals surface area contributed by atoms with E-state index in [2.05, 4.69) is 14.9 Å². The zero-order chi connectivity index (χ0) is 5.28. The second-order valence-electron chi connectivity index (χ2n) is 1.03. The molecule has 8 heavy (non-hydrogen) atoms. The smallest absolute Gasteiger partial charge is 0.212 e. The van der Waals surface area contributed by atoms with Crippen molar-refractivity contribution >= 4 is 11.6 Å². The first kappa shape index (κ1) is 6.70. The molecule has 1 aromatic heterocycles. The normalized spacial score (nSPS) is 8.00. The Morgan fingerprint density at radius 1 is 1.12 bits per heavy atom. The van der Waals surface area contributed by atoms with Crippen LogP contribution in [0, 0.1) is 0 Å². The Bertz CT molecular complexity index is 144. The van der Waals surface area contributed by atoms with Gasteiger partial charge < -0.3 is 16.9 Å². The molecule has 1 heterocycles. The third-order valence-electron chi connectivity index (χ3n) is 0.541. The minimum Gasteiger partial charge on any atom is -0.412 e. The van der Waals surface area contributed by atoms with Crippen molar-refractivity contribution in [3.8, 4) is 0 Å². The highest BCUT2D eigenvalue weighted by Crippen LogP contribution is 2.02. The van der Waals surface area contributed by atoms with Crippen molar-refractivity contribution in [1.82, 2.24) is 10.3 Å². The van der Waals surface area contributed by atoms with Crippen LogP contribution in [0.15, 0.2) is 4.63 Å². The van der Waals surface area contributed by atoms with E-state index in [9.17, 15) is 0 Å². The van der Waals surface area contributed by atoms with Crippen molar-refractivity contribution in [2.75, 3.05) is 11.5 Å². The molecule has 0 atom stereocenters. The maximum absolute atomic E-state index is 5.05. The van der Waals surface area contributed by atoms with Crippen LogP contribution in [0.3, 0.4) is 0 Å². The quantitative estimate of drug-likeness (QED) is 0.425. The highest BCUT2D eigenvalue weighted by molar-refractivity contribution is 5.49. The number of nitrogens with zero attached hydrogens (tertiary/aromatic N) is 2. The van der Waals surface area contributed by atoms with Crippen molar-refractivity contribution in [3.63, 3.8) is 0 Å². The minimum atomic E-state index is 0. The van der Waals surface area contributed by atoms with Crippen molar-refractivity contribution < 1.29 is 10.1 Å². The first-order valence-electron chi connectivity index (χ1n) is 1.64. The lowest BCUT2D eigenvalue weighted by Gasteiger charge is -1.73. The zero-order valence-corrected chi connectivity index (χ0v) is 3.96. The van der Waals surface area contributed by atoms with Crippen molar-refractivity contribution in [1.29, 1.82) is 0 Å². The molecule has 6 heteroatoms. The van der Waals surface area contributed by atoms with E-state index in [-0.39, 0.29) is 17.1 Å². The fourth-order valence-electron chi connectivity index (χ4n) is 0.202. The van der Waals surface area contributed by atoms with Crippen LogP contribution in [0.5, 0.6) is 0 Å². The summed E-state index contributed by atoms with van der Waals surface area (Å²) in [4.78, 5) is 0. The molecule has 0 aliphatic carbocycles. The molecule has 0 spiro atoms. The lowest BCUT2D eigenvalue weighted by molar-refractivity contribution is 0.311. The molecule has 46 valence electrons. The summed E-state index contributed by atoms with van der Waals surface area (Å²) in [5.74, 6) is 0.278. The summed E-state index contributed by atoms with van der Waals surface area (Å²) in [5, 5.41) is 6.37. The van der Waals surface area contributed by atoms with Gasteiger partial charge in [0.25, 0.3) is 0 Å². The van der Waals surface area contributed by atoms with Gasteiger partial charge in [-0.15, -0.1) is 0 Å². The Labute approximate surface area is 44.7 Å². The van der Waals surface area contributed by atoms with Crippen LogP contribution >= 0.6 is 0 Å². The monoisotopic (exact) mass is 118 g/mol. The number of nitrogens with two attached hydrogens (primary N) is 2. The van der Waals surface area contributed by atoms with Crippen molar-refractivity contribution in [3.05, 3.63) is 0 Å². The van der Waals surface area contributed by atoms with Crippen LogP contribution < -0.4 is 11.5 Å². The summed E-state index contributed by atoms with van der Waals surface area (Å²) >= 11 is 0. The SMILES string of the molecule is Nc1nonc1N.O. The molecule has 0 fully saturated rings. The van der Waals surface area contributed by atoms with Crippen LogP contribution in [0.25, 0.3) is 0 Å². The van der Waals surface area contributed by atoms with Crippen LogP contribution in [0.1, 0.15) is 0 Å². The molecule has 0 aliphatic heterocycles. The van der Waals surface area contributed by atoms with E-state index in [1.165, 1.54) is 0 Å². The predicted molar refractivity (Wildman–Crippen MR) is 26.7 cm³/mol. The van der Waals surface area contributed by atoms with Gasteiger partial charge in [-0.3, -0.25) is 0 Å². The molecule has 0 aromatic carbocycles. The molecule has 0 aliphatic rings. The summed E-state index contributed by atoms with van der Waals surface area (Å²) in [6.45, 7) is 0. The molecular weight excluding hydrogens is 112 g/mol. The Balaban J connectivity index is 0.000000490. The molecule has 1 rings (SSSR count). The Morgan fingerprint density at radius 3 is 1.62 bits per heavy atom. The zero-order valence-electron chi connectivity index (χ0n) is 3.96. The van der Waals surface area contributed by atoms with Gasteiger partial charge in [0, 0.05) is 0 Å². The summed E-state index contributed by atoms with van der Waals surface area (Å²) in [6.07, 6.45) is 0. The summed E-state index contributed by atoms with van der Waals surface area (Å²) in [5.41, 5.74) is 10.1. The third kappa shape index (κ3) is 0.850. The van der Waals surface area contributed by atoms with Gasteiger partial charge in [0.1, 0.15) is 0 Å². The molecule has 0 bridgehead atoms. The maximum atomic E-state index is 5.05. The summed E-state index contributed by atoms with van der Waals surface area (Å²) in [7, 11) is 0. The van der Waals surface area contributed by atoms with Gasteiger partial charge in [-0.05, 0) is 10.3 Å². The van der Waals surface area contributed by atoms with E-state index in [0.29, 0.717) is 0 Å². The molecule has 6 N–H and O–H groups in total. The lowest BCUT2D eigenvalue weighted by atomic mass is 10.7. The number of rotatable bonds is 0. The van der Waals surface area contributed by atoms with Gasteiger partial charge in [-0.25, -0.2) is 4.63 Å². The van der Waals surface area contributed by atoms with Gasteiger partial charge in [0.15, 0.2) is 0 Å². The Kier molecular flexibility index (Phi) is 1.78.